The molecule has 0 bridgehead atoms. The molecule has 2 aromatic carbocycles. The average molecular weight is 540 g/mol. The second-order valence-electron chi connectivity index (χ2n) is 9.37. The Morgan fingerprint density at radius 1 is 1.15 bits per heavy atom. The van der Waals surface area contributed by atoms with Crippen molar-refractivity contribution < 1.29 is 27.5 Å². The molecule has 1 N–H and O–H groups in total. The molecule has 1 aromatic heterocycles. The number of rotatable bonds is 8. The molecule has 0 fully saturated rings. The molecule has 0 saturated carbocycles. The monoisotopic (exact) mass is 539 g/mol. The molecule has 2 amide bonds. The van der Waals surface area contributed by atoms with Gasteiger partial charge in [-0.15, -0.1) is 0 Å². The SMILES string of the molecule is Cc1ccc(NC(=O)Cc2cccc(C(F)(F)F)c2)cc1-n1cc(C2C=NC=CC2OCC(=O)N(C)C)cn1. The number of benzene rings is 2. The Balaban J connectivity index is 1.47. The van der Waals surface area contributed by atoms with E-state index in [0.29, 0.717) is 11.4 Å². The standard InChI is InChI=1S/C28H28F3N5O3/c1-18-7-8-22(34-26(37)12-19-5-4-6-21(11-19)28(29,30)31)13-24(18)36-16-20(14-33-36)23-15-32-10-9-25(23)39-17-27(38)35(2)3/h4-11,13-16,23,25H,12,17H2,1-3H3,(H,34,37). The molecule has 1 aliphatic rings. The van der Waals surface area contributed by atoms with Crippen LogP contribution in [0.4, 0.5) is 18.9 Å². The van der Waals surface area contributed by atoms with Crippen LogP contribution in [0.2, 0.25) is 0 Å². The molecular weight excluding hydrogens is 511 g/mol. The molecule has 0 saturated heterocycles. The van der Waals surface area contributed by atoms with E-state index in [1.165, 1.54) is 17.0 Å². The van der Waals surface area contributed by atoms with E-state index in [4.69, 9.17) is 4.74 Å². The van der Waals surface area contributed by atoms with Crippen LogP contribution in [0, 0.1) is 6.92 Å². The van der Waals surface area contributed by atoms with Crippen molar-refractivity contribution in [3.8, 4) is 5.69 Å². The maximum absolute atomic E-state index is 13.0. The Bertz CT molecular complexity index is 1410. The number of amides is 2. The first-order chi connectivity index (χ1) is 18.5. The van der Waals surface area contributed by atoms with E-state index in [1.807, 2.05) is 19.2 Å². The van der Waals surface area contributed by atoms with Crippen LogP contribution in [-0.2, 0) is 26.9 Å². The van der Waals surface area contributed by atoms with Crippen LogP contribution in [0.25, 0.3) is 5.69 Å². The van der Waals surface area contributed by atoms with Crippen molar-refractivity contribution in [1.82, 2.24) is 14.7 Å². The molecule has 8 nitrogen and oxygen atoms in total. The summed E-state index contributed by atoms with van der Waals surface area (Å²) >= 11 is 0. The second kappa shape index (κ2) is 11.6. The zero-order valence-electron chi connectivity index (χ0n) is 21.6. The van der Waals surface area contributed by atoms with Crippen molar-refractivity contribution in [3.63, 3.8) is 0 Å². The third kappa shape index (κ3) is 6.99. The molecule has 3 aromatic rings. The Labute approximate surface area is 223 Å². The van der Waals surface area contributed by atoms with Crippen molar-refractivity contribution in [2.24, 2.45) is 4.99 Å². The highest BCUT2D eigenvalue weighted by molar-refractivity contribution is 5.92. The lowest BCUT2D eigenvalue weighted by molar-refractivity contribution is -0.137. The van der Waals surface area contributed by atoms with Gasteiger partial charge < -0.3 is 15.0 Å². The first-order valence-electron chi connectivity index (χ1n) is 12.1. The zero-order chi connectivity index (χ0) is 28.2. The van der Waals surface area contributed by atoms with E-state index in [9.17, 15) is 22.8 Å². The quantitative estimate of drug-likeness (QED) is 0.456. The number of aryl methyl sites for hydroxylation is 1. The van der Waals surface area contributed by atoms with E-state index in [1.54, 1.807) is 55.6 Å². The predicted octanol–water partition coefficient (Wildman–Crippen LogP) is 4.54. The Kier molecular flexibility index (Phi) is 8.29. The van der Waals surface area contributed by atoms with Crippen molar-refractivity contribution >= 4 is 23.7 Å². The third-order valence-electron chi connectivity index (χ3n) is 6.21. The molecule has 204 valence electrons. The number of hydrogen-bond acceptors (Lipinski definition) is 5. The van der Waals surface area contributed by atoms with E-state index >= 15 is 0 Å². The highest BCUT2D eigenvalue weighted by Crippen LogP contribution is 2.30. The molecule has 4 rings (SSSR count). The summed E-state index contributed by atoms with van der Waals surface area (Å²) in [6.07, 6.45) is 3.60. The topological polar surface area (TPSA) is 88.8 Å². The Morgan fingerprint density at radius 2 is 1.95 bits per heavy atom. The molecule has 1 aliphatic heterocycles. The van der Waals surface area contributed by atoms with Gasteiger partial charge in [-0.3, -0.25) is 14.6 Å². The van der Waals surface area contributed by atoms with Gasteiger partial charge >= 0.3 is 6.18 Å². The lowest BCUT2D eigenvalue weighted by atomic mass is 9.96. The number of ether oxygens (including phenoxy) is 1. The van der Waals surface area contributed by atoms with Crippen LogP contribution >= 0.6 is 0 Å². The molecule has 2 unspecified atom stereocenters. The molecular formula is C28H28F3N5O3. The minimum absolute atomic E-state index is 0.0676. The van der Waals surface area contributed by atoms with Gasteiger partial charge in [0, 0.05) is 44.0 Å². The van der Waals surface area contributed by atoms with E-state index in [0.717, 1.165) is 23.3 Å². The molecule has 2 heterocycles. The molecule has 0 aliphatic carbocycles. The second-order valence-corrected chi connectivity index (χ2v) is 9.37. The first-order valence-corrected chi connectivity index (χ1v) is 12.1. The van der Waals surface area contributed by atoms with E-state index < -0.39 is 23.8 Å². The van der Waals surface area contributed by atoms with E-state index in [-0.39, 0.29) is 30.4 Å². The van der Waals surface area contributed by atoms with Gasteiger partial charge in [-0.2, -0.15) is 18.3 Å². The Morgan fingerprint density at radius 3 is 2.69 bits per heavy atom. The summed E-state index contributed by atoms with van der Waals surface area (Å²) in [5.41, 5.74) is 2.37. The van der Waals surface area contributed by atoms with Crippen LogP contribution in [0.1, 0.15) is 28.2 Å². The average Bonchev–Trinajstić information content (AvgIpc) is 3.38. The van der Waals surface area contributed by atoms with E-state index in [2.05, 4.69) is 15.4 Å². The maximum atomic E-state index is 13.0. The summed E-state index contributed by atoms with van der Waals surface area (Å²) in [5.74, 6) is -0.847. The number of aliphatic imine (C=N–C) groups is 1. The Hall–Kier alpha value is -4.25. The van der Waals surface area contributed by atoms with Crippen molar-refractivity contribution in [2.45, 2.75) is 31.5 Å². The fourth-order valence-electron chi connectivity index (χ4n) is 4.04. The number of carbonyl (C=O) groups is 2. The van der Waals surface area contributed by atoms with Gasteiger partial charge in [-0.05, 0) is 42.3 Å². The number of nitrogens with one attached hydrogen (secondary N) is 1. The number of alkyl halides is 3. The molecule has 11 heteroatoms. The molecule has 0 radical (unpaired) electrons. The first kappa shape index (κ1) is 27.8. The number of carbonyl (C=O) groups excluding carboxylic acids is 2. The van der Waals surface area contributed by atoms with Gasteiger partial charge in [-0.1, -0.05) is 24.3 Å². The van der Waals surface area contributed by atoms with Crippen molar-refractivity contribution in [2.75, 3.05) is 26.0 Å². The number of anilines is 1. The minimum atomic E-state index is -4.48. The fourth-order valence-corrected chi connectivity index (χ4v) is 4.04. The van der Waals surface area contributed by atoms with Crippen molar-refractivity contribution in [1.29, 1.82) is 0 Å². The highest BCUT2D eigenvalue weighted by atomic mass is 19.4. The predicted molar refractivity (Wildman–Crippen MR) is 141 cm³/mol. The third-order valence-corrected chi connectivity index (χ3v) is 6.21. The lowest BCUT2D eigenvalue weighted by Crippen LogP contribution is -2.31. The normalized spacial score (nSPS) is 16.8. The van der Waals surface area contributed by atoms with Crippen LogP contribution < -0.4 is 5.32 Å². The minimum Gasteiger partial charge on any atom is -0.363 e. The number of likely N-dealkylation sites (N-methyl/N-ethyl adjacent to an activating group) is 1. The zero-order valence-corrected chi connectivity index (χ0v) is 21.6. The molecule has 2 atom stereocenters. The highest BCUT2D eigenvalue weighted by Gasteiger charge is 2.30. The van der Waals surface area contributed by atoms with Gasteiger partial charge in [0.25, 0.3) is 0 Å². The number of aromatic nitrogens is 2. The van der Waals surface area contributed by atoms with Gasteiger partial charge in [0.2, 0.25) is 11.8 Å². The number of hydrogen-bond donors (Lipinski definition) is 1. The molecule has 39 heavy (non-hydrogen) atoms. The maximum Gasteiger partial charge on any atom is 0.416 e. The summed E-state index contributed by atoms with van der Waals surface area (Å²) in [5, 5.41) is 7.23. The fraction of sp³-hybridized carbons (Fsp3) is 0.286. The summed E-state index contributed by atoms with van der Waals surface area (Å²) in [6, 6.07) is 10.00. The van der Waals surface area contributed by atoms with Crippen LogP contribution in [0.3, 0.4) is 0 Å². The van der Waals surface area contributed by atoms with Crippen LogP contribution in [0.5, 0.6) is 0 Å². The number of halogens is 3. The van der Waals surface area contributed by atoms with Gasteiger partial charge in [-0.25, -0.2) is 4.68 Å². The molecule has 0 spiro atoms. The number of nitrogens with zero attached hydrogens (tertiary/aromatic N) is 4. The lowest BCUT2D eigenvalue weighted by Gasteiger charge is -2.23. The van der Waals surface area contributed by atoms with Crippen LogP contribution in [-0.4, -0.2) is 59.5 Å². The smallest absolute Gasteiger partial charge is 0.363 e. The van der Waals surface area contributed by atoms with Gasteiger partial charge in [0.05, 0.1) is 35.9 Å². The summed E-state index contributed by atoms with van der Waals surface area (Å²) in [7, 11) is 3.32. The van der Waals surface area contributed by atoms with Crippen LogP contribution in [0.15, 0.2) is 72.1 Å². The summed E-state index contributed by atoms with van der Waals surface area (Å²) in [4.78, 5) is 30.2. The van der Waals surface area contributed by atoms with Crippen molar-refractivity contribution in [3.05, 3.63) is 89.4 Å². The largest absolute Gasteiger partial charge is 0.416 e. The van der Waals surface area contributed by atoms with Gasteiger partial charge in [0.1, 0.15) is 6.61 Å². The summed E-state index contributed by atoms with van der Waals surface area (Å²) in [6.45, 7) is 1.83. The van der Waals surface area contributed by atoms with Gasteiger partial charge in [0.15, 0.2) is 0 Å². The summed E-state index contributed by atoms with van der Waals surface area (Å²) < 4.78 is 46.5.